The quantitative estimate of drug-likeness (QED) is 0.304. The van der Waals surface area contributed by atoms with Crippen LogP contribution in [0.2, 0.25) is 0 Å². The number of hydrogen-bond donors (Lipinski definition) is 1. The van der Waals surface area contributed by atoms with Crippen LogP contribution in [0.3, 0.4) is 0 Å². The van der Waals surface area contributed by atoms with Crippen molar-refractivity contribution in [1.82, 2.24) is 24.4 Å². The lowest BCUT2D eigenvalue weighted by Gasteiger charge is -2.33. The van der Waals surface area contributed by atoms with Gasteiger partial charge in [-0.1, -0.05) is 36.4 Å². The molecule has 1 aliphatic carbocycles. The zero-order chi connectivity index (χ0) is 27.2. The molecule has 7 rings (SSSR count). The number of benzene rings is 3. The molecule has 2 aliphatic rings. The second-order valence-corrected chi connectivity index (χ2v) is 10.6. The smallest absolute Gasteiger partial charge is 0.225 e. The van der Waals surface area contributed by atoms with Crippen LogP contribution in [0, 0.1) is 11.7 Å². The van der Waals surface area contributed by atoms with E-state index in [9.17, 15) is 4.79 Å². The van der Waals surface area contributed by atoms with E-state index in [2.05, 4.69) is 22.4 Å². The number of piperidine rings is 1. The summed E-state index contributed by atoms with van der Waals surface area (Å²) in [5.74, 6) is 1.98. The molecule has 0 unspecified atom stereocenters. The lowest BCUT2D eigenvalue weighted by molar-refractivity contribution is -0.133. The van der Waals surface area contributed by atoms with Crippen LogP contribution in [-0.4, -0.2) is 56.6 Å². The van der Waals surface area contributed by atoms with Gasteiger partial charge in [-0.2, -0.15) is 4.98 Å². The van der Waals surface area contributed by atoms with E-state index in [1.807, 2.05) is 39.8 Å². The van der Waals surface area contributed by atoms with Gasteiger partial charge in [-0.05, 0) is 48.6 Å². The number of ether oxygens (including phenoxy) is 1. The Kier molecular flexibility index (Phi) is 6.06. The fourth-order valence-corrected chi connectivity index (χ4v) is 5.59. The highest BCUT2D eigenvalue weighted by molar-refractivity contribution is 5.89. The van der Waals surface area contributed by atoms with E-state index < -0.39 is 5.82 Å². The highest BCUT2D eigenvalue weighted by Gasteiger charge is 2.35. The molecule has 1 N–H and O–H groups in total. The van der Waals surface area contributed by atoms with Crippen LogP contribution in [0.15, 0.2) is 66.9 Å². The second-order valence-electron chi connectivity index (χ2n) is 10.6. The molecular weight excluding hydrogens is 507 g/mol. The summed E-state index contributed by atoms with van der Waals surface area (Å²) in [7, 11) is 1.51. The Morgan fingerprint density at radius 2 is 1.88 bits per heavy atom. The average Bonchev–Trinajstić information content (AvgIpc) is 3.76. The van der Waals surface area contributed by atoms with Crippen LogP contribution in [-0.2, 0) is 4.79 Å². The maximum Gasteiger partial charge on any atom is 0.225 e. The van der Waals surface area contributed by atoms with Crippen molar-refractivity contribution in [3.63, 3.8) is 0 Å². The maximum atomic E-state index is 15.2. The Morgan fingerprint density at radius 1 is 1.02 bits per heavy atom. The molecule has 0 bridgehead atoms. The van der Waals surface area contributed by atoms with E-state index >= 15 is 4.39 Å². The molecule has 3 aromatic carbocycles. The van der Waals surface area contributed by atoms with Crippen molar-refractivity contribution in [2.75, 3.05) is 25.5 Å². The Labute approximate surface area is 230 Å². The molecule has 202 valence electrons. The number of anilines is 1. The van der Waals surface area contributed by atoms with Crippen LogP contribution in [0.25, 0.3) is 39.0 Å². The first kappa shape index (κ1) is 24.5. The minimum Gasteiger partial charge on any atom is -0.497 e. The Balaban J connectivity index is 1.29. The largest absolute Gasteiger partial charge is 0.497 e. The average molecular weight is 537 g/mol. The third-order valence-corrected chi connectivity index (χ3v) is 7.79. The van der Waals surface area contributed by atoms with E-state index in [0.29, 0.717) is 35.4 Å². The first-order chi connectivity index (χ1) is 19.6. The molecule has 9 heteroatoms. The molecule has 0 radical (unpaired) electrons. The second kappa shape index (κ2) is 9.89. The molecule has 1 saturated heterocycles. The topological polar surface area (TPSA) is 85.2 Å². The molecule has 8 nitrogen and oxygen atoms in total. The minimum atomic E-state index is -0.467. The van der Waals surface area contributed by atoms with E-state index in [-0.39, 0.29) is 23.4 Å². The number of halogens is 1. The van der Waals surface area contributed by atoms with Gasteiger partial charge in [0, 0.05) is 48.9 Å². The summed E-state index contributed by atoms with van der Waals surface area (Å²) in [4.78, 5) is 28.7. The number of amides is 1. The van der Waals surface area contributed by atoms with Crippen molar-refractivity contribution in [2.45, 2.75) is 31.7 Å². The fourth-order valence-electron chi connectivity index (χ4n) is 5.59. The summed E-state index contributed by atoms with van der Waals surface area (Å²) in [6, 6.07) is 19.1. The fraction of sp³-hybridized carbons (Fsp3) is 0.290. The molecule has 5 aromatic rings. The summed E-state index contributed by atoms with van der Waals surface area (Å²) in [6.07, 6.45) is 5.56. The van der Waals surface area contributed by atoms with Crippen molar-refractivity contribution in [3.8, 4) is 23.0 Å². The van der Waals surface area contributed by atoms with Crippen LogP contribution in [0.5, 0.6) is 5.75 Å². The standard InChI is InChI=1S/C31H29FN6O2/c1-40-24-16-25(32)28-26(17-24)38(29(36-28)22-11-8-19-5-2-3-6-21(19)15-22)27-12-13-33-31(35-27)34-23-7-4-14-37(18-23)30(39)20-9-10-20/h2-3,5-6,8,11-13,15-17,20,23H,4,7,9-10,14,18H2,1H3,(H,33,34,35)/t23-/m0/s1. The van der Waals surface area contributed by atoms with Gasteiger partial charge in [0.25, 0.3) is 0 Å². The zero-order valence-corrected chi connectivity index (χ0v) is 22.2. The van der Waals surface area contributed by atoms with Crippen LogP contribution >= 0.6 is 0 Å². The molecule has 0 spiro atoms. The van der Waals surface area contributed by atoms with E-state index in [1.165, 1.54) is 13.2 Å². The van der Waals surface area contributed by atoms with Gasteiger partial charge < -0.3 is 15.0 Å². The number of rotatable bonds is 6. The van der Waals surface area contributed by atoms with Crippen LogP contribution in [0.1, 0.15) is 25.7 Å². The van der Waals surface area contributed by atoms with Gasteiger partial charge in [0.15, 0.2) is 5.82 Å². The van der Waals surface area contributed by atoms with E-state index in [0.717, 1.165) is 48.6 Å². The van der Waals surface area contributed by atoms with Crippen molar-refractivity contribution < 1.29 is 13.9 Å². The van der Waals surface area contributed by atoms with Gasteiger partial charge in [-0.15, -0.1) is 0 Å². The van der Waals surface area contributed by atoms with Crippen molar-refractivity contribution >= 4 is 33.7 Å². The molecule has 1 atom stereocenters. The monoisotopic (exact) mass is 536 g/mol. The van der Waals surface area contributed by atoms with Gasteiger partial charge in [0.05, 0.1) is 12.6 Å². The van der Waals surface area contributed by atoms with Gasteiger partial charge in [0.2, 0.25) is 11.9 Å². The Morgan fingerprint density at radius 3 is 2.70 bits per heavy atom. The first-order valence-corrected chi connectivity index (χ1v) is 13.7. The predicted molar refractivity (Wildman–Crippen MR) is 152 cm³/mol. The lowest BCUT2D eigenvalue weighted by atomic mass is 10.1. The van der Waals surface area contributed by atoms with Crippen LogP contribution in [0.4, 0.5) is 10.3 Å². The molecular formula is C31H29FN6O2. The van der Waals surface area contributed by atoms with Gasteiger partial charge in [-0.3, -0.25) is 9.36 Å². The maximum absolute atomic E-state index is 15.2. The summed E-state index contributed by atoms with van der Waals surface area (Å²) < 4.78 is 22.5. The number of hydrogen-bond acceptors (Lipinski definition) is 6. The molecule has 3 heterocycles. The number of methoxy groups -OCH3 is 1. The number of fused-ring (bicyclic) bond motifs is 2. The van der Waals surface area contributed by atoms with Crippen LogP contribution < -0.4 is 10.1 Å². The SMILES string of the molecule is COc1cc(F)c2nc(-c3ccc4ccccc4c3)n(-c3ccnc(N[C@H]4CCCN(C(=O)C5CC5)C4)n3)c2c1. The third kappa shape index (κ3) is 4.51. The molecule has 1 amide bonds. The molecule has 2 aromatic heterocycles. The minimum absolute atomic E-state index is 0.0590. The normalized spacial score (nSPS) is 17.4. The molecule has 1 saturated carbocycles. The number of aromatic nitrogens is 4. The predicted octanol–water partition coefficient (Wildman–Crippen LogP) is 5.60. The van der Waals surface area contributed by atoms with Gasteiger partial charge in [0.1, 0.15) is 22.9 Å². The number of nitrogens with one attached hydrogen (secondary N) is 1. The number of nitrogens with zero attached hydrogens (tertiary/aromatic N) is 5. The number of imidazole rings is 1. The lowest BCUT2D eigenvalue weighted by Crippen LogP contribution is -2.45. The van der Waals surface area contributed by atoms with Crippen molar-refractivity contribution in [3.05, 3.63) is 72.7 Å². The van der Waals surface area contributed by atoms with E-state index in [4.69, 9.17) is 14.7 Å². The Bertz CT molecular complexity index is 1750. The summed E-state index contributed by atoms with van der Waals surface area (Å²) in [5.41, 5.74) is 1.62. The highest BCUT2D eigenvalue weighted by atomic mass is 19.1. The highest BCUT2D eigenvalue weighted by Crippen LogP contribution is 2.34. The number of carbonyl (C=O) groups is 1. The summed E-state index contributed by atoms with van der Waals surface area (Å²) in [6.45, 7) is 1.44. The molecule has 1 aliphatic heterocycles. The first-order valence-electron chi connectivity index (χ1n) is 13.7. The summed E-state index contributed by atoms with van der Waals surface area (Å²) in [5, 5.41) is 5.61. The van der Waals surface area contributed by atoms with Gasteiger partial charge >= 0.3 is 0 Å². The number of likely N-dealkylation sites (tertiary alicyclic amines) is 1. The third-order valence-electron chi connectivity index (χ3n) is 7.79. The zero-order valence-electron chi connectivity index (χ0n) is 22.2. The van der Waals surface area contributed by atoms with Crippen molar-refractivity contribution in [1.29, 1.82) is 0 Å². The number of carbonyl (C=O) groups excluding carboxylic acids is 1. The molecule has 40 heavy (non-hydrogen) atoms. The van der Waals surface area contributed by atoms with Crippen molar-refractivity contribution in [2.24, 2.45) is 5.92 Å². The van der Waals surface area contributed by atoms with E-state index in [1.54, 1.807) is 18.3 Å². The summed E-state index contributed by atoms with van der Waals surface area (Å²) >= 11 is 0. The molecule has 2 fully saturated rings. The van der Waals surface area contributed by atoms with Gasteiger partial charge in [-0.25, -0.2) is 14.4 Å². The Hall–Kier alpha value is -4.53.